The number of nitrogens with zero attached hydrogens (tertiary/aromatic N) is 10. The van der Waals surface area contributed by atoms with Crippen LogP contribution in [-0.2, 0) is 22.7 Å². The van der Waals surface area contributed by atoms with Crippen LogP contribution in [0.1, 0.15) is 117 Å². The first kappa shape index (κ1) is 56.1. The molecule has 19 nitrogen and oxygen atoms in total. The van der Waals surface area contributed by atoms with Gasteiger partial charge < -0.3 is 38.6 Å². The number of ether oxygens (including phenoxy) is 4. The minimum absolute atomic E-state index is 0.0113. The Balaban J connectivity index is 0.000000154. The molecule has 448 valence electrons. The van der Waals surface area contributed by atoms with Gasteiger partial charge in [0.1, 0.15) is 57.6 Å². The lowest BCUT2D eigenvalue weighted by atomic mass is 9.82. The van der Waals surface area contributed by atoms with Gasteiger partial charge in [0.25, 0.3) is 0 Å². The molecule has 6 saturated carbocycles. The first-order valence-electron chi connectivity index (χ1n) is 29.3. The van der Waals surface area contributed by atoms with Crippen molar-refractivity contribution >= 4 is 33.7 Å². The molecule has 87 heavy (non-hydrogen) atoms. The molecule has 0 spiro atoms. The monoisotopic (exact) mass is 1190 g/mol. The molecule has 6 aliphatic carbocycles. The molecule has 4 bridgehead atoms. The number of anilines is 2. The van der Waals surface area contributed by atoms with E-state index in [1.807, 2.05) is 30.3 Å². The van der Waals surface area contributed by atoms with Gasteiger partial charge in [0.2, 0.25) is 5.82 Å². The first-order chi connectivity index (χ1) is 42.3. The van der Waals surface area contributed by atoms with Gasteiger partial charge in [0, 0.05) is 46.2 Å². The minimum atomic E-state index is -4.82. The van der Waals surface area contributed by atoms with Crippen molar-refractivity contribution in [2.75, 3.05) is 10.6 Å². The quantitative estimate of drug-likeness (QED) is 0.0718. The Morgan fingerprint density at radius 2 is 1.02 bits per heavy atom. The zero-order valence-corrected chi connectivity index (χ0v) is 46.6. The number of hydrogen-bond acceptors (Lipinski definition) is 18. The van der Waals surface area contributed by atoms with E-state index in [0.29, 0.717) is 91.5 Å². The normalized spacial score (nSPS) is 23.3. The largest absolute Gasteiger partial charge is 0.573 e. The summed E-state index contributed by atoms with van der Waals surface area (Å²) < 4.78 is 112. The van der Waals surface area contributed by atoms with E-state index < -0.39 is 12.7 Å². The molecular weight excluding hydrogens is 1140 g/mol. The van der Waals surface area contributed by atoms with Gasteiger partial charge in [-0.2, -0.15) is 10.5 Å². The van der Waals surface area contributed by atoms with Gasteiger partial charge in [-0.05, 0) is 154 Å². The number of halogens is 6. The molecule has 0 radical (unpaired) electrons. The lowest BCUT2D eigenvalue weighted by Gasteiger charge is -2.36. The fourth-order valence-electron chi connectivity index (χ4n) is 13.6. The summed E-state index contributed by atoms with van der Waals surface area (Å²) >= 11 is 0. The van der Waals surface area contributed by atoms with Crippen molar-refractivity contribution in [3.05, 3.63) is 126 Å². The van der Waals surface area contributed by atoms with Gasteiger partial charge in [-0.15, -0.1) is 36.5 Å². The Morgan fingerprint density at radius 1 is 0.563 bits per heavy atom. The molecule has 4 aromatic carbocycles. The number of hydrogen-bond donors (Lipinski definition) is 3. The second-order valence-corrected chi connectivity index (χ2v) is 23.4. The van der Waals surface area contributed by atoms with E-state index in [2.05, 4.69) is 67.1 Å². The molecule has 4 unspecified atom stereocenters. The predicted octanol–water partition coefficient (Wildman–Crippen LogP) is 13.5. The van der Waals surface area contributed by atoms with E-state index in [1.54, 1.807) is 42.7 Å². The lowest BCUT2D eigenvalue weighted by Crippen LogP contribution is -2.39. The zero-order valence-electron chi connectivity index (χ0n) is 46.6. The van der Waals surface area contributed by atoms with Crippen LogP contribution in [0.15, 0.2) is 106 Å². The molecule has 9 aromatic rings. The highest BCUT2D eigenvalue weighted by Gasteiger charge is 2.46. The molecule has 5 aromatic heterocycles. The van der Waals surface area contributed by atoms with Crippen LogP contribution < -0.4 is 20.1 Å². The van der Waals surface area contributed by atoms with Gasteiger partial charge in [0.05, 0.1) is 65.5 Å². The molecule has 0 aliphatic heterocycles. The fourth-order valence-corrected chi connectivity index (χ4v) is 13.6. The number of rotatable bonds is 17. The average molecular weight is 1190 g/mol. The van der Waals surface area contributed by atoms with E-state index in [4.69, 9.17) is 28.5 Å². The molecular formula is C62H57F6N13O6. The maximum atomic E-state index is 13.1. The SMILES string of the molecule is FC(F)(F)Oc1ccccc1-c1noc(C2CC2)c1COC1CC2CCC(C1)C2Nc1cnc2c(-c3nn[nH]n3)cccc2n1.N#Cc1cccc2nc(NC3C4CCC3CC(OCc3c(-c5ccccc5OC(F)(F)F)noc3C3CC3)C4)cnc12. The van der Waals surface area contributed by atoms with Gasteiger partial charge in [0.15, 0.2) is 0 Å². The summed E-state index contributed by atoms with van der Waals surface area (Å²) in [5, 5.41) is 39.3. The molecule has 25 heteroatoms. The number of nitrogens with one attached hydrogen (secondary N) is 3. The Labute approximate surface area is 492 Å². The van der Waals surface area contributed by atoms with E-state index in [-0.39, 0.29) is 72.0 Å². The molecule has 0 amide bonds. The van der Waals surface area contributed by atoms with Gasteiger partial charge >= 0.3 is 12.7 Å². The number of aromatic nitrogens is 10. The Bertz CT molecular complexity index is 3970. The van der Waals surface area contributed by atoms with Crippen molar-refractivity contribution in [2.24, 2.45) is 23.7 Å². The number of nitriles is 1. The summed E-state index contributed by atoms with van der Waals surface area (Å²) in [6.07, 6.45) is 5.43. The number of para-hydroxylation sites is 4. The Hall–Kier alpha value is -8.76. The van der Waals surface area contributed by atoms with Crippen LogP contribution in [0.4, 0.5) is 38.0 Å². The number of alkyl halides is 6. The molecule has 3 N–H and O–H groups in total. The van der Waals surface area contributed by atoms with Crippen molar-refractivity contribution in [3.8, 4) is 51.5 Å². The highest BCUT2D eigenvalue weighted by atomic mass is 19.4. The summed E-state index contributed by atoms with van der Waals surface area (Å²) in [6.45, 7) is 0.427. The standard InChI is InChI=1S/C31H29F3N8O3.C31H28F3N5O3/c32-31(33,34)44-24-7-2-1-4-20(24)27-22(29(45-40-27)16-8-9-16)15-43-19-12-17-10-11-18(13-19)26(17)37-25-14-35-28-21(30-38-41-42-39-30)5-3-6-23(28)36-25;32-31(33,34)41-25-7-2-1-5-22(25)29-23(30(42-39-29)17-8-9-17)16-40-21-12-18-10-11-19(13-21)27(18)38-26-15-36-28-20(14-35)4-3-6-24(28)37-26/h1-7,14,16-19,26H,8-13,15H2,(H,36,37)(H,38,39,41,42);1-7,15,17-19,21,27H,8-13,16H2,(H,37,38). The van der Waals surface area contributed by atoms with E-state index in [0.717, 1.165) is 93.9 Å². The van der Waals surface area contributed by atoms with Crippen LogP contribution in [0.2, 0.25) is 0 Å². The average Bonchev–Trinajstić information content (AvgIpc) is 2.71. The van der Waals surface area contributed by atoms with Crippen molar-refractivity contribution < 1.29 is 54.3 Å². The molecule has 6 fully saturated rings. The molecule has 4 atom stereocenters. The van der Waals surface area contributed by atoms with Crippen LogP contribution in [0.3, 0.4) is 0 Å². The zero-order chi connectivity index (χ0) is 59.4. The minimum Gasteiger partial charge on any atom is -0.405 e. The maximum Gasteiger partial charge on any atom is 0.573 e. The third-order valence-electron chi connectivity index (χ3n) is 17.8. The molecule has 5 heterocycles. The van der Waals surface area contributed by atoms with Crippen LogP contribution in [-0.4, -0.2) is 87.9 Å². The smallest absolute Gasteiger partial charge is 0.405 e. The van der Waals surface area contributed by atoms with Gasteiger partial charge in [-0.3, -0.25) is 0 Å². The number of H-pyrrole nitrogens is 1. The van der Waals surface area contributed by atoms with Crippen LogP contribution >= 0.6 is 0 Å². The van der Waals surface area contributed by atoms with Gasteiger partial charge in [-0.1, -0.05) is 46.7 Å². The fraction of sp³-hybridized carbons (Fsp3) is 0.419. The van der Waals surface area contributed by atoms with Crippen molar-refractivity contribution in [1.82, 2.24) is 50.9 Å². The number of benzene rings is 4. The van der Waals surface area contributed by atoms with E-state index >= 15 is 0 Å². The summed E-state index contributed by atoms with van der Waals surface area (Å²) in [5.41, 5.74) is 6.53. The van der Waals surface area contributed by atoms with Crippen LogP contribution in [0.5, 0.6) is 11.5 Å². The predicted molar refractivity (Wildman–Crippen MR) is 301 cm³/mol. The molecule has 15 rings (SSSR count). The second-order valence-electron chi connectivity index (χ2n) is 23.4. The molecule has 6 aliphatic rings. The third-order valence-corrected chi connectivity index (χ3v) is 17.8. The van der Waals surface area contributed by atoms with E-state index in [1.165, 1.54) is 24.3 Å². The second kappa shape index (κ2) is 23.2. The summed E-state index contributed by atoms with van der Waals surface area (Å²) in [4.78, 5) is 18.7. The van der Waals surface area contributed by atoms with Crippen molar-refractivity contribution in [1.29, 1.82) is 5.26 Å². The van der Waals surface area contributed by atoms with Crippen LogP contribution in [0.25, 0.3) is 56.0 Å². The Kier molecular flexibility index (Phi) is 14.9. The first-order valence-corrected chi connectivity index (χ1v) is 29.3. The third kappa shape index (κ3) is 12.1. The van der Waals surface area contributed by atoms with Gasteiger partial charge in [-0.25, -0.2) is 19.9 Å². The highest BCUT2D eigenvalue weighted by molar-refractivity contribution is 5.90. The summed E-state index contributed by atoms with van der Waals surface area (Å²) in [6, 6.07) is 25.8. The van der Waals surface area contributed by atoms with E-state index in [9.17, 15) is 31.6 Å². The Morgan fingerprint density at radius 3 is 1.48 bits per heavy atom. The van der Waals surface area contributed by atoms with Crippen molar-refractivity contribution in [2.45, 2.75) is 139 Å². The molecule has 0 saturated heterocycles. The van der Waals surface area contributed by atoms with Crippen molar-refractivity contribution in [3.63, 3.8) is 0 Å². The number of fused-ring (bicyclic) bond motifs is 6. The summed E-state index contributed by atoms with van der Waals surface area (Å²) in [7, 11) is 0. The highest BCUT2D eigenvalue weighted by Crippen LogP contribution is 2.50. The topological polar surface area (TPSA) is 243 Å². The number of tetrazole rings is 1. The number of aromatic amines is 1. The van der Waals surface area contributed by atoms with Crippen LogP contribution in [0, 0.1) is 35.0 Å². The maximum absolute atomic E-state index is 13.1. The lowest BCUT2D eigenvalue weighted by molar-refractivity contribution is -0.275. The summed E-state index contributed by atoms with van der Waals surface area (Å²) in [5.74, 6) is 4.64.